The molecule has 3 N–H and O–H groups in total. The second-order valence-corrected chi connectivity index (χ2v) is 11.4. The van der Waals surface area contributed by atoms with Crippen LogP contribution in [0.1, 0.15) is 32.1 Å². The van der Waals surface area contributed by atoms with Crippen LogP contribution in [0.5, 0.6) is 0 Å². The monoisotopic (exact) mass is 477 g/mol. The Balaban J connectivity index is 1.35. The van der Waals surface area contributed by atoms with Crippen LogP contribution in [0.15, 0.2) is 18.6 Å². The van der Waals surface area contributed by atoms with Gasteiger partial charge in [-0.15, -0.1) is 0 Å². The van der Waals surface area contributed by atoms with Crippen LogP contribution in [0.4, 0.5) is 5.82 Å². The van der Waals surface area contributed by atoms with E-state index in [-0.39, 0.29) is 25.4 Å². The molecule has 0 bridgehead atoms. The SMILES string of the molecule is CN(C[C@@]1(C(=O)CCO)CCCN1)S(=O)(=O)N1CCN(c2ncnc3[nH]ccc23)CC12CC2. The van der Waals surface area contributed by atoms with E-state index in [4.69, 9.17) is 0 Å². The highest BCUT2D eigenvalue weighted by molar-refractivity contribution is 7.86. The highest BCUT2D eigenvalue weighted by atomic mass is 32.2. The number of carbonyl (C=O) groups is 1. The van der Waals surface area contributed by atoms with Crippen LogP contribution in [0, 0.1) is 0 Å². The highest BCUT2D eigenvalue weighted by Crippen LogP contribution is 2.47. The Morgan fingerprint density at radius 3 is 2.79 bits per heavy atom. The molecule has 1 spiro atoms. The van der Waals surface area contributed by atoms with Crippen LogP contribution < -0.4 is 10.2 Å². The summed E-state index contributed by atoms with van der Waals surface area (Å²) in [5.74, 6) is 0.691. The first-order valence-corrected chi connectivity index (χ1v) is 12.9. The predicted molar refractivity (Wildman–Crippen MR) is 123 cm³/mol. The van der Waals surface area contributed by atoms with Crippen LogP contribution in [0.3, 0.4) is 0 Å². The van der Waals surface area contributed by atoms with E-state index in [1.807, 2.05) is 12.3 Å². The molecule has 5 rings (SSSR count). The Kier molecular flexibility index (Phi) is 5.68. The maximum absolute atomic E-state index is 13.7. The van der Waals surface area contributed by atoms with Crippen LogP contribution in [-0.4, -0.2) is 100 Å². The zero-order valence-corrected chi connectivity index (χ0v) is 19.6. The predicted octanol–water partition coefficient (Wildman–Crippen LogP) is -0.137. The number of ketones is 1. The number of aromatic nitrogens is 3. The summed E-state index contributed by atoms with van der Waals surface area (Å²) in [6.45, 7) is 1.96. The van der Waals surface area contributed by atoms with Gasteiger partial charge in [-0.2, -0.15) is 17.0 Å². The second kappa shape index (κ2) is 8.27. The number of aliphatic hydroxyl groups is 1. The number of nitrogens with one attached hydrogen (secondary N) is 2. The number of aromatic amines is 1. The minimum absolute atomic E-state index is 0.0239. The van der Waals surface area contributed by atoms with Crippen molar-refractivity contribution in [2.24, 2.45) is 0 Å². The first-order chi connectivity index (χ1) is 15.8. The maximum Gasteiger partial charge on any atom is 0.282 e. The smallest absolute Gasteiger partial charge is 0.282 e. The third-order valence-corrected chi connectivity index (χ3v) is 9.37. The number of likely N-dealkylation sites (N-methyl/N-ethyl adjacent to an activating group) is 1. The molecule has 0 aromatic carbocycles. The Labute approximate surface area is 193 Å². The van der Waals surface area contributed by atoms with Crippen molar-refractivity contribution in [3.8, 4) is 0 Å². The van der Waals surface area contributed by atoms with Gasteiger partial charge in [-0.3, -0.25) is 4.79 Å². The topological polar surface area (TPSA) is 135 Å². The molecular formula is C21H31N7O4S. The average Bonchev–Trinajstić information content (AvgIpc) is 3.19. The summed E-state index contributed by atoms with van der Waals surface area (Å²) in [4.78, 5) is 26.7. The zero-order chi connectivity index (χ0) is 23.3. The molecular weight excluding hydrogens is 446 g/mol. The molecule has 2 aromatic heterocycles. The van der Waals surface area contributed by atoms with Crippen LogP contribution >= 0.6 is 0 Å². The molecule has 180 valence electrons. The number of hydrogen-bond acceptors (Lipinski definition) is 8. The quantitative estimate of drug-likeness (QED) is 0.478. The molecule has 0 amide bonds. The average molecular weight is 478 g/mol. The first kappa shape index (κ1) is 22.7. The number of hydrogen-bond donors (Lipinski definition) is 3. The molecule has 4 heterocycles. The summed E-state index contributed by atoms with van der Waals surface area (Å²) in [5.41, 5.74) is -0.615. The fourth-order valence-corrected chi connectivity index (χ4v) is 7.17. The van der Waals surface area contributed by atoms with Crippen molar-refractivity contribution >= 4 is 32.8 Å². The number of aliphatic hydroxyl groups excluding tert-OH is 1. The fraction of sp³-hybridized carbons (Fsp3) is 0.667. The van der Waals surface area contributed by atoms with Gasteiger partial charge in [0.1, 0.15) is 17.8 Å². The van der Waals surface area contributed by atoms with Gasteiger partial charge in [0.25, 0.3) is 10.2 Å². The molecule has 3 aliphatic rings. The largest absolute Gasteiger partial charge is 0.396 e. The Bertz CT molecular complexity index is 1140. The number of rotatable bonds is 8. The van der Waals surface area contributed by atoms with E-state index in [1.54, 1.807) is 11.4 Å². The summed E-state index contributed by atoms with van der Waals surface area (Å²) in [5, 5.41) is 13.4. The van der Waals surface area contributed by atoms with Gasteiger partial charge in [0.2, 0.25) is 0 Å². The molecule has 11 nitrogen and oxygen atoms in total. The van der Waals surface area contributed by atoms with Crippen molar-refractivity contribution in [1.82, 2.24) is 28.9 Å². The van der Waals surface area contributed by atoms with Gasteiger partial charge < -0.3 is 20.3 Å². The van der Waals surface area contributed by atoms with E-state index >= 15 is 0 Å². The van der Waals surface area contributed by atoms with E-state index < -0.39 is 21.3 Å². The number of carbonyl (C=O) groups excluding carboxylic acids is 1. The number of piperazine rings is 1. The number of nitrogens with zero attached hydrogens (tertiary/aromatic N) is 5. The molecule has 1 aliphatic carbocycles. The van der Waals surface area contributed by atoms with Crippen molar-refractivity contribution in [3.05, 3.63) is 18.6 Å². The number of Topliss-reactive ketones (excluding diaryl/α,β-unsaturated/α-hetero) is 1. The van der Waals surface area contributed by atoms with Crippen molar-refractivity contribution in [2.45, 2.75) is 43.2 Å². The lowest BCUT2D eigenvalue weighted by molar-refractivity contribution is -0.125. The van der Waals surface area contributed by atoms with Crippen molar-refractivity contribution in [2.75, 3.05) is 51.3 Å². The molecule has 2 aliphatic heterocycles. The first-order valence-electron chi connectivity index (χ1n) is 11.5. The molecule has 3 fully saturated rings. The van der Waals surface area contributed by atoms with Gasteiger partial charge in [-0.05, 0) is 38.3 Å². The van der Waals surface area contributed by atoms with Gasteiger partial charge in [0.15, 0.2) is 5.78 Å². The van der Waals surface area contributed by atoms with E-state index in [0.29, 0.717) is 32.6 Å². The molecule has 0 radical (unpaired) electrons. The summed E-state index contributed by atoms with van der Waals surface area (Å²) in [6.07, 6.45) is 6.36. The lowest BCUT2D eigenvalue weighted by atomic mass is 9.90. The fourth-order valence-electron chi connectivity index (χ4n) is 5.40. The van der Waals surface area contributed by atoms with Gasteiger partial charge in [0.05, 0.1) is 23.1 Å². The van der Waals surface area contributed by atoms with Crippen molar-refractivity contribution in [1.29, 1.82) is 0 Å². The highest BCUT2D eigenvalue weighted by Gasteiger charge is 2.57. The Morgan fingerprint density at radius 1 is 1.27 bits per heavy atom. The van der Waals surface area contributed by atoms with Crippen molar-refractivity contribution < 1.29 is 18.3 Å². The van der Waals surface area contributed by atoms with Crippen LogP contribution in [-0.2, 0) is 15.0 Å². The van der Waals surface area contributed by atoms with Crippen LogP contribution in [0.25, 0.3) is 11.0 Å². The third-order valence-electron chi connectivity index (χ3n) is 7.33. The van der Waals surface area contributed by atoms with Crippen LogP contribution in [0.2, 0.25) is 0 Å². The lowest BCUT2D eigenvalue weighted by Gasteiger charge is -2.44. The van der Waals surface area contributed by atoms with E-state index in [9.17, 15) is 18.3 Å². The summed E-state index contributed by atoms with van der Waals surface area (Å²) >= 11 is 0. The summed E-state index contributed by atoms with van der Waals surface area (Å²) in [6, 6.07) is 1.94. The molecule has 1 saturated carbocycles. The van der Waals surface area contributed by atoms with E-state index in [2.05, 4.69) is 25.2 Å². The molecule has 1 atom stereocenters. The minimum Gasteiger partial charge on any atom is -0.396 e. The Morgan fingerprint density at radius 2 is 2.09 bits per heavy atom. The number of anilines is 1. The molecule has 2 saturated heterocycles. The second-order valence-electron chi connectivity index (χ2n) is 9.43. The number of H-pyrrole nitrogens is 1. The normalized spacial score (nSPS) is 25.4. The van der Waals surface area contributed by atoms with Gasteiger partial charge in [-0.25, -0.2) is 9.97 Å². The van der Waals surface area contributed by atoms with Gasteiger partial charge in [0, 0.05) is 45.8 Å². The van der Waals surface area contributed by atoms with Gasteiger partial charge >= 0.3 is 0 Å². The third kappa shape index (κ3) is 3.83. The molecule has 33 heavy (non-hydrogen) atoms. The van der Waals surface area contributed by atoms with E-state index in [1.165, 1.54) is 10.6 Å². The van der Waals surface area contributed by atoms with Gasteiger partial charge in [-0.1, -0.05) is 0 Å². The number of fused-ring (bicyclic) bond motifs is 1. The minimum atomic E-state index is -3.77. The Hall–Kier alpha value is -2.12. The standard InChI is InChI=1S/C21H31N7O4S/c1-26(14-21(5-2-8-25-21)17(30)4-12-29)33(31,32)28-11-10-27(13-20(28)6-7-20)19-16-3-9-22-18(16)23-15-24-19/h3,9,15,25,29H,2,4-8,10-14H2,1H3,(H,22,23,24)/t21-/m1/s1. The zero-order valence-electron chi connectivity index (χ0n) is 18.8. The molecule has 0 unspecified atom stereocenters. The summed E-state index contributed by atoms with van der Waals surface area (Å²) in [7, 11) is -2.22. The lowest BCUT2D eigenvalue weighted by Crippen LogP contribution is -2.62. The van der Waals surface area contributed by atoms with Crippen molar-refractivity contribution in [3.63, 3.8) is 0 Å². The summed E-state index contributed by atoms with van der Waals surface area (Å²) < 4.78 is 30.3. The van der Waals surface area contributed by atoms with E-state index in [0.717, 1.165) is 36.1 Å². The molecule has 2 aromatic rings. The molecule has 12 heteroatoms. The maximum atomic E-state index is 13.7.